The van der Waals surface area contributed by atoms with Crippen molar-refractivity contribution in [2.75, 3.05) is 0 Å². The first-order valence-electron chi connectivity index (χ1n) is 7.48. The zero-order valence-electron chi connectivity index (χ0n) is 11.3. The van der Waals surface area contributed by atoms with E-state index in [1.54, 1.807) is 0 Å². The molecule has 0 aromatic heterocycles. The van der Waals surface area contributed by atoms with Crippen molar-refractivity contribution in [3.8, 4) is 0 Å². The van der Waals surface area contributed by atoms with Crippen molar-refractivity contribution < 1.29 is 9.53 Å². The van der Waals surface area contributed by atoms with Gasteiger partial charge in [0.05, 0.1) is 6.10 Å². The van der Waals surface area contributed by atoms with E-state index in [4.69, 9.17) is 4.74 Å². The Hall–Kier alpha value is -0.790. The van der Waals surface area contributed by atoms with Crippen LogP contribution >= 0.6 is 0 Å². The Morgan fingerprint density at radius 3 is 2.28 bits per heavy atom. The van der Waals surface area contributed by atoms with Crippen LogP contribution in [0.1, 0.15) is 45.4 Å². The SMILES string of the molecule is C=CC(=O)OC(C)CC1C2CC3CC(C2)CC1C3. The Bertz CT molecular complexity index is 319. The molecule has 0 N–H and O–H groups in total. The first-order valence-corrected chi connectivity index (χ1v) is 7.48. The van der Waals surface area contributed by atoms with E-state index in [-0.39, 0.29) is 12.1 Å². The molecule has 0 radical (unpaired) electrons. The molecule has 2 nitrogen and oxygen atoms in total. The van der Waals surface area contributed by atoms with Gasteiger partial charge >= 0.3 is 5.97 Å². The molecule has 0 aromatic carbocycles. The van der Waals surface area contributed by atoms with Crippen LogP contribution in [0, 0.1) is 29.6 Å². The number of esters is 1. The van der Waals surface area contributed by atoms with Gasteiger partial charge in [0.25, 0.3) is 0 Å². The number of rotatable bonds is 4. The average Bonchev–Trinajstić information content (AvgIpc) is 2.32. The maximum atomic E-state index is 11.2. The van der Waals surface area contributed by atoms with Gasteiger partial charge in [-0.2, -0.15) is 0 Å². The fraction of sp³-hybridized carbons (Fsp3) is 0.812. The highest BCUT2D eigenvalue weighted by molar-refractivity contribution is 5.81. The summed E-state index contributed by atoms with van der Waals surface area (Å²) in [7, 11) is 0. The average molecular weight is 248 g/mol. The predicted octanol–water partition coefficient (Wildman–Crippen LogP) is 3.57. The Morgan fingerprint density at radius 2 is 1.78 bits per heavy atom. The molecule has 4 bridgehead atoms. The van der Waals surface area contributed by atoms with Crippen molar-refractivity contribution in [1.29, 1.82) is 0 Å². The van der Waals surface area contributed by atoms with Crippen LogP contribution in [0.2, 0.25) is 0 Å². The van der Waals surface area contributed by atoms with Crippen LogP contribution in [-0.4, -0.2) is 12.1 Å². The van der Waals surface area contributed by atoms with Gasteiger partial charge in [-0.05, 0) is 75.0 Å². The summed E-state index contributed by atoms with van der Waals surface area (Å²) in [6.45, 7) is 5.49. The summed E-state index contributed by atoms with van der Waals surface area (Å²) >= 11 is 0. The van der Waals surface area contributed by atoms with E-state index in [1.165, 1.54) is 38.2 Å². The molecule has 0 heterocycles. The molecule has 4 aliphatic rings. The summed E-state index contributed by atoms with van der Waals surface area (Å²) in [6, 6.07) is 0. The van der Waals surface area contributed by atoms with Crippen LogP contribution in [0.5, 0.6) is 0 Å². The molecule has 0 saturated heterocycles. The molecule has 4 aliphatic carbocycles. The van der Waals surface area contributed by atoms with Crippen molar-refractivity contribution >= 4 is 5.97 Å². The Balaban J connectivity index is 1.59. The minimum Gasteiger partial charge on any atom is -0.460 e. The van der Waals surface area contributed by atoms with Gasteiger partial charge in [-0.15, -0.1) is 0 Å². The first kappa shape index (κ1) is 12.3. The lowest BCUT2D eigenvalue weighted by atomic mass is 9.51. The van der Waals surface area contributed by atoms with Crippen LogP contribution < -0.4 is 0 Å². The summed E-state index contributed by atoms with van der Waals surface area (Å²) in [6.07, 6.45) is 9.67. The second-order valence-corrected chi connectivity index (χ2v) is 6.78. The number of ether oxygens (including phenoxy) is 1. The molecule has 1 unspecified atom stereocenters. The van der Waals surface area contributed by atoms with E-state index in [0.717, 1.165) is 36.0 Å². The van der Waals surface area contributed by atoms with Crippen molar-refractivity contribution in [3.63, 3.8) is 0 Å². The quantitative estimate of drug-likeness (QED) is 0.561. The lowest BCUT2D eigenvalue weighted by Gasteiger charge is -2.55. The van der Waals surface area contributed by atoms with E-state index < -0.39 is 0 Å². The molecule has 4 rings (SSSR count). The van der Waals surface area contributed by atoms with E-state index in [1.807, 2.05) is 6.92 Å². The summed E-state index contributed by atoms with van der Waals surface area (Å²) in [5.74, 6) is 4.43. The van der Waals surface area contributed by atoms with Gasteiger partial charge in [0.2, 0.25) is 0 Å². The van der Waals surface area contributed by atoms with E-state index in [0.29, 0.717) is 0 Å². The lowest BCUT2D eigenvalue weighted by Crippen LogP contribution is -2.46. The van der Waals surface area contributed by atoms with Gasteiger partial charge in [0.1, 0.15) is 0 Å². The summed E-state index contributed by atoms with van der Waals surface area (Å²) in [4.78, 5) is 11.2. The summed E-state index contributed by atoms with van der Waals surface area (Å²) in [5.41, 5.74) is 0. The maximum Gasteiger partial charge on any atom is 0.330 e. The largest absolute Gasteiger partial charge is 0.460 e. The standard InChI is InChI=1S/C16H24O2/c1-3-16(17)18-10(2)4-15-13-6-11-5-12(8-13)9-14(15)7-11/h3,10-15H,1,4-9H2,2H3. The predicted molar refractivity (Wildman–Crippen MR) is 70.9 cm³/mol. The van der Waals surface area contributed by atoms with Gasteiger partial charge in [-0.3, -0.25) is 0 Å². The molecule has 18 heavy (non-hydrogen) atoms. The van der Waals surface area contributed by atoms with Crippen LogP contribution in [0.15, 0.2) is 12.7 Å². The third-order valence-electron chi connectivity index (χ3n) is 5.51. The monoisotopic (exact) mass is 248 g/mol. The third-order valence-corrected chi connectivity index (χ3v) is 5.51. The maximum absolute atomic E-state index is 11.2. The number of carbonyl (C=O) groups is 1. The lowest BCUT2D eigenvalue weighted by molar-refractivity contribution is -0.144. The molecule has 0 amide bonds. The van der Waals surface area contributed by atoms with E-state index >= 15 is 0 Å². The first-order chi connectivity index (χ1) is 8.65. The summed E-state index contributed by atoms with van der Waals surface area (Å²) < 4.78 is 5.35. The van der Waals surface area contributed by atoms with Gasteiger partial charge in [-0.1, -0.05) is 6.58 Å². The zero-order valence-corrected chi connectivity index (χ0v) is 11.3. The van der Waals surface area contributed by atoms with Crippen LogP contribution in [0.4, 0.5) is 0 Å². The topological polar surface area (TPSA) is 26.3 Å². The molecular weight excluding hydrogens is 224 g/mol. The van der Waals surface area contributed by atoms with Crippen molar-refractivity contribution in [3.05, 3.63) is 12.7 Å². The summed E-state index contributed by atoms with van der Waals surface area (Å²) in [5, 5.41) is 0. The fourth-order valence-electron chi connectivity index (χ4n) is 5.10. The molecule has 0 aromatic rings. The van der Waals surface area contributed by atoms with E-state index in [9.17, 15) is 4.79 Å². The molecule has 2 heteroatoms. The highest BCUT2D eigenvalue weighted by Crippen LogP contribution is 2.57. The van der Waals surface area contributed by atoms with Gasteiger partial charge in [0, 0.05) is 6.08 Å². The molecular formula is C16H24O2. The molecule has 0 aliphatic heterocycles. The number of carbonyl (C=O) groups excluding carboxylic acids is 1. The van der Waals surface area contributed by atoms with Gasteiger partial charge in [0.15, 0.2) is 0 Å². The smallest absolute Gasteiger partial charge is 0.330 e. The Labute approximate surface area is 110 Å². The highest BCUT2D eigenvalue weighted by atomic mass is 16.5. The third kappa shape index (κ3) is 2.22. The number of hydrogen-bond acceptors (Lipinski definition) is 2. The van der Waals surface area contributed by atoms with Gasteiger partial charge < -0.3 is 4.74 Å². The Morgan fingerprint density at radius 1 is 1.22 bits per heavy atom. The normalized spacial score (nSPS) is 42.6. The van der Waals surface area contributed by atoms with Crippen molar-refractivity contribution in [2.45, 2.75) is 51.6 Å². The molecule has 0 spiro atoms. The zero-order chi connectivity index (χ0) is 12.7. The second-order valence-electron chi connectivity index (χ2n) is 6.78. The second kappa shape index (κ2) is 4.71. The molecule has 100 valence electrons. The molecule has 1 atom stereocenters. The fourth-order valence-corrected chi connectivity index (χ4v) is 5.10. The minimum atomic E-state index is -0.272. The van der Waals surface area contributed by atoms with Gasteiger partial charge in [-0.25, -0.2) is 4.79 Å². The van der Waals surface area contributed by atoms with E-state index in [2.05, 4.69) is 6.58 Å². The Kier molecular flexibility index (Phi) is 3.21. The molecule has 4 saturated carbocycles. The highest BCUT2D eigenvalue weighted by Gasteiger charge is 2.48. The van der Waals surface area contributed by atoms with Crippen molar-refractivity contribution in [1.82, 2.24) is 0 Å². The van der Waals surface area contributed by atoms with Crippen molar-refractivity contribution in [2.24, 2.45) is 29.6 Å². The molecule has 4 fully saturated rings. The minimum absolute atomic E-state index is 0.0537. The van der Waals surface area contributed by atoms with Crippen LogP contribution in [0.3, 0.4) is 0 Å². The van der Waals surface area contributed by atoms with Crippen LogP contribution in [0.25, 0.3) is 0 Å². The number of hydrogen-bond donors (Lipinski definition) is 0. The van der Waals surface area contributed by atoms with Crippen LogP contribution in [-0.2, 0) is 9.53 Å².